The Morgan fingerprint density at radius 1 is 1.13 bits per heavy atom. The van der Waals surface area contributed by atoms with E-state index in [2.05, 4.69) is 15.4 Å². The summed E-state index contributed by atoms with van der Waals surface area (Å²) in [7, 11) is 0. The predicted octanol–water partition coefficient (Wildman–Crippen LogP) is 5.14. The van der Waals surface area contributed by atoms with Crippen LogP contribution in [0.25, 0.3) is 22.6 Å². The summed E-state index contributed by atoms with van der Waals surface area (Å²) in [6, 6.07) is 4.85. The first-order valence-electron chi connectivity index (χ1n) is 15.4. The van der Waals surface area contributed by atoms with Gasteiger partial charge in [-0.25, -0.2) is 18.9 Å². The summed E-state index contributed by atoms with van der Waals surface area (Å²) in [5.41, 5.74) is 1.42. The van der Waals surface area contributed by atoms with Crippen molar-refractivity contribution in [2.75, 3.05) is 19.7 Å². The Labute approximate surface area is 261 Å². The van der Waals surface area contributed by atoms with Gasteiger partial charge >= 0.3 is 6.09 Å². The molecule has 0 bridgehead atoms. The van der Waals surface area contributed by atoms with Crippen LogP contribution in [0.15, 0.2) is 43.0 Å². The fraction of sp³-hybridized carbons (Fsp3) is 0.455. The molecule has 1 saturated carbocycles. The summed E-state index contributed by atoms with van der Waals surface area (Å²) in [6.07, 6.45) is 8.98. The van der Waals surface area contributed by atoms with Gasteiger partial charge in [0.05, 0.1) is 30.2 Å². The summed E-state index contributed by atoms with van der Waals surface area (Å²) in [5, 5.41) is 19.3. The zero-order valence-corrected chi connectivity index (χ0v) is 26.3. The molecule has 6 rings (SSSR count). The molecule has 3 aromatic heterocycles. The topological polar surface area (TPSA) is 123 Å². The Bertz CT molecular complexity index is 1760. The third kappa shape index (κ3) is 6.24. The smallest absolute Gasteiger partial charge is 0.410 e. The van der Waals surface area contributed by atoms with Gasteiger partial charge in [-0.1, -0.05) is 0 Å². The maximum absolute atomic E-state index is 14.8. The molecule has 4 aromatic rings. The Hall–Kier alpha value is -4.45. The minimum atomic E-state index is -1.25. The molecule has 11 nitrogen and oxygen atoms in total. The highest BCUT2D eigenvalue weighted by Crippen LogP contribution is 2.39. The van der Waals surface area contributed by atoms with E-state index < -0.39 is 29.0 Å². The maximum Gasteiger partial charge on any atom is 0.410 e. The summed E-state index contributed by atoms with van der Waals surface area (Å²) in [5.74, 6) is 0.159. The SMILES string of the molecule is CCOc1cc2ncc(-n3cc(-c4cc(C(=O)NC5CC5)c(F)cc4C)cn3)n2cc1C1(O)CCN(C(=O)OC(C)(C)C)CC1. The van der Waals surface area contributed by atoms with Gasteiger partial charge in [-0.2, -0.15) is 5.10 Å². The van der Waals surface area contributed by atoms with Crippen molar-refractivity contribution in [3.63, 3.8) is 0 Å². The fourth-order valence-electron chi connectivity index (χ4n) is 5.68. The monoisotopic (exact) mass is 618 g/mol. The van der Waals surface area contributed by atoms with Gasteiger partial charge in [-0.3, -0.25) is 9.20 Å². The highest BCUT2D eigenvalue weighted by Gasteiger charge is 2.39. The Kier molecular flexibility index (Phi) is 7.80. The first-order chi connectivity index (χ1) is 21.3. The van der Waals surface area contributed by atoms with E-state index in [0.29, 0.717) is 72.0 Å². The molecule has 45 heavy (non-hydrogen) atoms. The number of fused-ring (bicyclic) bond motifs is 1. The molecular weight excluding hydrogens is 579 g/mol. The van der Waals surface area contributed by atoms with E-state index >= 15 is 0 Å². The Morgan fingerprint density at radius 3 is 2.53 bits per heavy atom. The number of carbonyl (C=O) groups is 2. The molecule has 12 heteroatoms. The van der Waals surface area contributed by atoms with Crippen LogP contribution >= 0.6 is 0 Å². The van der Waals surface area contributed by atoms with Gasteiger partial charge in [0, 0.05) is 48.7 Å². The van der Waals surface area contributed by atoms with Gasteiger partial charge in [-0.15, -0.1) is 0 Å². The van der Waals surface area contributed by atoms with Crippen molar-refractivity contribution in [1.82, 2.24) is 29.4 Å². The molecule has 0 spiro atoms. The standard InChI is InChI=1S/C33H39FN6O5/c1-6-44-27-15-28-35-17-29(39(28)19-25(27)33(43)9-11-38(12-10-33)31(42)45-32(3,4)5)40-18-21(16-36-40)23-14-24(26(34)13-20(23)2)30(41)37-22-7-8-22/h13-19,22,43H,6-12H2,1-5H3,(H,37,41). The van der Waals surface area contributed by atoms with E-state index in [1.54, 1.807) is 47.2 Å². The second kappa shape index (κ2) is 11.5. The third-order valence-electron chi connectivity index (χ3n) is 8.23. The second-order valence-corrected chi connectivity index (χ2v) is 12.9. The number of pyridine rings is 1. The van der Waals surface area contributed by atoms with E-state index in [0.717, 1.165) is 12.8 Å². The first kappa shape index (κ1) is 30.6. The van der Waals surface area contributed by atoms with Crippen LogP contribution in [0.5, 0.6) is 5.75 Å². The van der Waals surface area contributed by atoms with E-state index in [1.807, 2.05) is 38.3 Å². The number of piperidine rings is 1. The number of likely N-dealkylation sites (tertiary alicyclic amines) is 1. The van der Waals surface area contributed by atoms with E-state index in [-0.39, 0.29) is 11.6 Å². The van der Waals surface area contributed by atoms with E-state index in [4.69, 9.17) is 9.47 Å². The van der Waals surface area contributed by atoms with Crippen LogP contribution in [-0.2, 0) is 10.3 Å². The number of hydrogen-bond donors (Lipinski definition) is 2. The van der Waals surface area contributed by atoms with Gasteiger partial charge in [0.2, 0.25) is 0 Å². The summed E-state index contributed by atoms with van der Waals surface area (Å²) < 4.78 is 29.7. The van der Waals surface area contributed by atoms with Gasteiger partial charge in [0.1, 0.15) is 22.8 Å². The second-order valence-electron chi connectivity index (χ2n) is 12.9. The molecule has 2 amide bonds. The van der Waals surface area contributed by atoms with Crippen LogP contribution in [-0.4, -0.2) is 72.5 Å². The highest BCUT2D eigenvalue weighted by molar-refractivity contribution is 5.96. The summed E-state index contributed by atoms with van der Waals surface area (Å²) in [6.45, 7) is 10.2. The first-order valence-corrected chi connectivity index (χ1v) is 15.4. The molecule has 0 unspecified atom stereocenters. The third-order valence-corrected chi connectivity index (χ3v) is 8.23. The molecule has 1 aliphatic carbocycles. The van der Waals surface area contributed by atoms with Gasteiger partial charge in [-0.05, 0) is 83.6 Å². The molecule has 2 fully saturated rings. The average molecular weight is 619 g/mol. The number of carbonyl (C=O) groups excluding carboxylic acids is 2. The highest BCUT2D eigenvalue weighted by atomic mass is 19.1. The number of ether oxygens (including phenoxy) is 2. The van der Waals surface area contributed by atoms with Crippen molar-refractivity contribution < 1.29 is 28.6 Å². The number of benzene rings is 1. The molecule has 0 radical (unpaired) electrons. The quantitative estimate of drug-likeness (QED) is 0.294. The number of nitrogens with zero attached hydrogens (tertiary/aromatic N) is 5. The van der Waals surface area contributed by atoms with Gasteiger partial charge in [0.15, 0.2) is 5.82 Å². The number of aromatic nitrogens is 4. The lowest BCUT2D eigenvalue weighted by atomic mass is 9.85. The number of rotatable bonds is 7. The number of amides is 2. The normalized spacial score (nSPS) is 16.6. The average Bonchev–Trinajstić information content (AvgIpc) is 3.48. The molecule has 1 aliphatic heterocycles. The Balaban J connectivity index is 1.31. The molecule has 1 aromatic carbocycles. The van der Waals surface area contributed by atoms with Crippen LogP contribution in [0.3, 0.4) is 0 Å². The summed E-state index contributed by atoms with van der Waals surface area (Å²) >= 11 is 0. The number of halogens is 1. The lowest BCUT2D eigenvalue weighted by Gasteiger charge is -2.39. The number of nitrogens with one attached hydrogen (secondary N) is 1. The van der Waals surface area contributed by atoms with Crippen LogP contribution < -0.4 is 10.1 Å². The molecule has 4 heterocycles. The number of aryl methyl sites for hydroxylation is 1. The minimum absolute atomic E-state index is 0.00380. The van der Waals surface area contributed by atoms with Crippen molar-refractivity contribution >= 4 is 17.6 Å². The van der Waals surface area contributed by atoms with Crippen molar-refractivity contribution in [3.8, 4) is 22.7 Å². The van der Waals surface area contributed by atoms with Crippen LogP contribution in [0, 0.1) is 12.7 Å². The van der Waals surface area contributed by atoms with E-state index in [9.17, 15) is 19.1 Å². The number of aliphatic hydroxyl groups is 1. The zero-order chi connectivity index (χ0) is 32.1. The molecule has 238 valence electrons. The minimum Gasteiger partial charge on any atom is -0.493 e. The van der Waals surface area contributed by atoms with Crippen molar-refractivity contribution in [2.45, 2.75) is 77.5 Å². The molecule has 0 atom stereocenters. The lowest BCUT2D eigenvalue weighted by Crippen LogP contribution is -2.47. The van der Waals surface area contributed by atoms with Crippen molar-refractivity contribution in [1.29, 1.82) is 0 Å². The number of hydrogen-bond acceptors (Lipinski definition) is 7. The zero-order valence-electron chi connectivity index (χ0n) is 26.3. The van der Waals surface area contributed by atoms with Crippen molar-refractivity contribution in [3.05, 3.63) is 65.5 Å². The van der Waals surface area contributed by atoms with E-state index in [1.165, 1.54) is 6.07 Å². The molecular formula is C33H39FN6O5. The predicted molar refractivity (Wildman–Crippen MR) is 165 cm³/mol. The largest absolute Gasteiger partial charge is 0.493 e. The molecule has 2 aliphatic rings. The Morgan fingerprint density at radius 2 is 1.87 bits per heavy atom. The van der Waals surface area contributed by atoms with Crippen LogP contribution in [0.4, 0.5) is 9.18 Å². The fourth-order valence-corrected chi connectivity index (χ4v) is 5.68. The van der Waals surface area contributed by atoms with Gasteiger partial charge in [0.25, 0.3) is 5.91 Å². The van der Waals surface area contributed by atoms with Crippen LogP contribution in [0.1, 0.15) is 74.9 Å². The lowest BCUT2D eigenvalue weighted by molar-refractivity contribution is -0.0371. The number of imidazole rings is 1. The van der Waals surface area contributed by atoms with Crippen LogP contribution in [0.2, 0.25) is 0 Å². The van der Waals surface area contributed by atoms with Gasteiger partial charge < -0.3 is 24.8 Å². The molecule has 2 N–H and O–H groups in total. The molecule has 1 saturated heterocycles. The van der Waals surface area contributed by atoms with Crippen molar-refractivity contribution in [2.24, 2.45) is 0 Å². The maximum atomic E-state index is 14.8. The summed E-state index contributed by atoms with van der Waals surface area (Å²) in [4.78, 5) is 31.5.